The van der Waals surface area contributed by atoms with E-state index in [-0.39, 0.29) is 83.5 Å². The first-order chi connectivity index (χ1) is 27.0. The predicted octanol–water partition coefficient (Wildman–Crippen LogP) is 8.76. The second kappa shape index (κ2) is 15.7. The Morgan fingerprint density at radius 1 is 1.07 bits per heavy atom. The molecule has 5 atom stereocenters. The molecular weight excluding hydrogens is 764 g/mol. The second-order valence-corrected chi connectivity index (χ2v) is 23.8. The first-order valence-electron chi connectivity index (χ1n) is 20.8. The zero-order valence-electron chi connectivity index (χ0n) is 36.4. The van der Waals surface area contributed by atoms with E-state index in [1.807, 2.05) is 66.7 Å². The maximum atomic E-state index is 17.6. The minimum atomic E-state index is -2.96. The van der Waals surface area contributed by atoms with Gasteiger partial charge in [-0.15, -0.1) is 0 Å². The molecule has 6 rings (SSSR count). The number of hydrogen-bond donors (Lipinski definition) is 2. The van der Waals surface area contributed by atoms with Crippen molar-refractivity contribution in [3.05, 3.63) is 45.2 Å². The first kappa shape index (κ1) is 43.8. The van der Waals surface area contributed by atoms with E-state index < -0.39 is 77.7 Å². The number of ketones is 2. The number of hydrogen-bond acceptors (Lipinski definition) is 12. The molecule has 13 nitrogen and oxygen atoms in total. The summed E-state index contributed by atoms with van der Waals surface area (Å²) in [4.78, 5) is 47.9. The summed E-state index contributed by atoms with van der Waals surface area (Å²) in [6.45, 7) is 19.9. The van der Waals surface area contributed by atoms with Crippen LogP contribution in [-0.4, -0.2) is 86.2 Å². The van der Waals surface area contributed by atoms with Gasteiger partial charge in [-0.25, -0.2) is 9.18 Å². The summed E-state index contributed by atoms with van der Waals surface area (Å²) in [6, 6.07) is -1.44. The van der Waals surface area contributed by atoms with Gasteiger partial charge in [0.15, 0.2) is 31.2 Å². The normalized spacial score (nSPS) is 24.6. The van der Waals surface area contributed by atoms with Gasteiger partial charge in [0.05, 0.1) is 30.5 Å². The molecule has 1 unspecified atom stereocenters. The number of aliphatic hydroxyl groups is 1. The SMILES string of the molecule is CCCCOc1noc2c1C(=O)[C@@]1(O[Si](C)(C)C(C)(C)C)C(O)=C3C(=O)c4c(c(F)c5c(c4OCCCC)N(C(=O)OC(C)(C)C)CCC5N(C)C)C[C@H]3C[C@H]1[C@@H]2N. The van der Waals surface area contributed by atoms with Crippen LogP contribution in [0.3, 0.4) is 0 Å². The zero-order valence-corrected chi connectivity index (χ0v) is 37.4. The fourth-order valence-electron chi connectivity index (χ4n) is 8.66. The molecule has 1 aromatic heterocycles. The number of nitrogens with zero attached hydrogens (tertiary/aromatic N) is 3. The number of benzene rings is 1. The lowest BCUT2D eigenvalue weighted by Crippen LogP contribution is -2.64. The van der Waals surface area contributed by atoms with E-state index in [0.717, 1.165) is 12.8 Å². The third-order valence-corrected chi connectivity index (χ3v) is 17.1. The van der Waals surface area contributed by atoms with Crippen molar-refractivity contribution >= 4 is 31.7 Å². The second-order valence-electron chi connectivity index (χ2n) is 19.1. The smallest absolute Gasteiger partial charge is 0.414 e. The van der Waals surface area contributed by atoms with Crippen LogP contribution in [0.1, 0.15) is 144 Å². The largest absolute Gasteiger partial charge is 0.508 e. The third kappa shape index (κ3) is 7.17. The Balaban J connectivity index is 1.63. The molecule has 2 aromatic rings. The zero-order chi connectivity index (χ0) is 42.9. The number of halogens is 1. The Labute approximate surface area is 342 Å². The summed E-state index contributed by atoms with van der Waals surface area (Å²) in [5.74, 6) is -4.01. The van der Waals surface area contributed by atoms with Gasteiger partial charge >= 0.3 is 6.09 Å². The summed E-state index contributed by atoms with van der Waals surface area (Å²) in [7, 11) is 0.731. The molecular formula is C43H63FN4O9Si. The monoisotopic (exact) mass is 826 g/mol. The van der Waals surface area contributed by atoms with Crippen molar-refractivity contribution in [2.75, 3.05) is 38.8 Å². The number of carbonyl (C=O) groups is 3. The highest BCUT2D eigenvalue weighted by molar-refractivity contribution is 6.74. The molecule has 58 heavy (non-hydrogen) atoms. The number of aromatic nitrogens is 1. The quantitative estimate of drug-likeness (QED) is 0.164. The average Bonchev–Trinajstić information content (AvgIpc) is 3.55. The molecule has 1 aromatic carbocycles. The lowest BCUT2D eigenvalue weighted by molar-refractivity contribution is -0.0273. The van der Waals surface area contributed by atoms with Crippen molar-refractivity contribution in [2.24, 2.45) is 17.6 Å². The number of unbranched alkanes of at least 4 members (excludes halogenated alkanes) is 2. The van der Waals surface area contributed by atoms with Crippen LogP contribution in [0.4, 0.5) is 14.9 Å². The van der Waals surface area contributed by atoms with Crippen LogP contribution in [0.5, 0.6) is 11.6 Å². The summed E-state index contributed by atoms with van der Waals surface area (Å²) >= 11 is 0. The van der Waals surface area contributed by atoms with Gasteiger partial charge in [-0.1, -0.05) is 47.5 Å². The number of amides is 1. The van der Waals surface area contributed by atoms with E-state index in [0.29, 0.717) is 19.3 Å². The average molecular weight is 827 g/mol. The molecule has 0 radical (unpaired) electrons. The number of aliphatic hydroxyl groups excluding tert-OH is 1. The number of anilines is 1. The standard InChI is InChI=1S/C43H63FN4O9Si/c1-13-15-19-53-36-28-24(31(44)29-26(47(9)10)17-18-48(33(29)36)40(52)55-41(3,4)5)21-23-22-25-32(45)35-30(39(46-56-35)54-20-16-14-2)38(51)43(25,37(50)27(23)34(28)49)57-58(11,12)42(6,7)8/h23,25-26,32,50H,13-22,45H2,1-12H3/t23-,25-,26?,32-,43-/m0/s1. The van der Waals surface area contributed by atoms with E-state index in [1.54, 1.807) is 20.8 Å². The summed E-state index contributed by atoms with van der Waals surface area (Å²) in [5, 5.41) is 16.6. The Morgan fingerprint density at radius 2 is 1.71 bits per heavy atom. The highest BCUT2D eigenvalue weighted by Crippen LogP contribution is 2.60. The molecule has 1 aliphatic heterocycles. The van der Waals surface area contributed by atoms with Gasteiger partial charge in [0.2, 0.25) is 5.78 Å². The number of fused-ring (bicyclic) bond motifs is 5. The molecule has 0 bridgehead atoms. The highest BCUT2D eigenvalue weighted by atomic mass is 28.4. The number of rotatable bonds is 11. The van der Waals surface area contributed by atoms with Crippen molar-refractivity contribution in [1.82, 2.24) is 10.1 Å². The van der Waals surface area contributed by atoms with Gasteiger partial charge in [-0.2, -0.15) is 0 Å². The third-order valence-electron chi connectivity index (χ3n) is 12.7. The fraction of sp³-hybridized carbons (Fsp3) is 0.674. The van der Waals surface area contributed by atoms with Gasteiger partial charge in [0.1, 0.15) is 22.7 Å². The van der Waals surface area contributed by atoms with Crippen LogP contribution >= 0.6 is 0 Å². The Kier molecular flexibility index (Phi) is 11.8. The van der Waals surface area contributed by atoms with E-state index in [4.69, 9.17) is 28.9 Å². The number of Topliss-reactive ketones (excluding diaryl/α,β-unsaturated/α-hetero) is 2. The van der Waals surface area contributed by atoms with Crippen LogP contribution in [-0.2, 0) is 15.6 Å². The van der Waals surface area contributed by atoms with Crippen molar-refractivity contribution < 1.29 is 47.0 Å². The molecule has 4 aliphatic rings. The van der Waals surface area contributed by atoms with Crippen LogP contribution in [0.15, 0.2) is 15.9 Å². The molecule has 0 fully saturated rings. The van der Waals surface area contributed by atoms with E-state index >= 15 is 14.0 Å². The van der Waals surface area contributed by atoms with Crippen molar-refractivity contribution in [3.8, 4) is 11.6 Å². The van der Waals surface area contributed by atoms with Gasteiger partial charge in [0.25, 0.3) is 5.88 Å². The molecule has 3 N–H and O–H groups in total. The van der Waals surface area contributed by atoms with Crippen molar-refractivity contribution in [3.63, 3.8) is 0 Å². The van der Waals surface area contributed by atoms with Crippen molar-refractivity contribution in [1.29, 1.82) is 0 Å². The Bertz CT molecular complexity index is 2000. The minimum absolute atomic E-state index is 0.00146. The van der Waals surface area contributed by atoms with Crippen LogP contribution in [0.2, 0.25) is 18.1 Å². The molecule has 0 saturated heterocycles. The van der Waals surface area contributed by atoms with E-state index in [1.165, 1.54) is 4.90 Å². The molecule has 1 amide bonds. The number of allylic oxidation sites excluding steroid dienone is 1. The number of nitrogens with two attached hydrogens (primary N) is 1. The van der Waals surface area contributed by atoms with Gasteiger partial charge in [-0.3, -0.25) is 14.5 Å². The van der Waals surface area contributed by atoms with Crippen LogP contribution in [0.25, 0.3) is 0 Å². The maximum Gasteiger partial charge on any atom is 0.414 e. The van der Waals surface area contributed by atoms with Crippen molar-refractivity contribution in [2.45, 2.75) is 142 Å². The lowest BCUT2D eigenvalue weighted by atomic mass is 9.59. The van der Waals surface area contributed by atoms with Gasteiger partial charge in [-0.05, 0) is 96.2 Å². The molecule has 0 spiro atoms. The topological polar surface area (TPSA) is 167 Å². The molecule has 0 saturated carbocycles. The Morgan fingerprint density at radius 3 is 2.29 bits per heavy atom. The summed E-state index contributed by atoms with van der Waals surface area (Å²) in [5.41, 5.74) is 4.44. The molecule has 3 aliphatic carbocycles. The van der Waals surface area contributed by atoms with Crippen LogP contribution < -0.4 is 20.1 Å². The molecule has 320 valence electrons. The van der Waals surface area contributed by atoms with E-state index in [2.05, 4.69) is 5.16 Å². The van der Waals surface area contributed by atoms with Gasteiger partial charge in [0, 0.05) is 35.2 Å². The Hall–Kier alpha value is -3.79. The fourth-order valence-corrected chi connectivity index (χ4v) is 10.1. The first-order valence-corrected chi connectivity index (χ1v) is 23.7. The molecule has 15 heteroatoms. The minimum Gasteiger partial charge on any atom is -0.508 e. The van der Waals surface area contributed by atoms with E-state index in [9.17, 15) is 9.90 Å². The number of ether oxygens (including phenoxy) is 3. The summed E-state index contributed by atoms with van der Waals surface area (Å²) < 4.78 is 48.8. The summed E-state index contributed by atoms with van der Waals surface area (Å²) in [6.07, 6.45) is 2.74. The number of carbonyl (C=O) groups excluding carboxylic acids is 3. The maximum absolute atomic E-state index is 17.6. The predicted molar refractivity (Wildman–Crippen MR) is 220 cm³/mol. The lowest BCUT2D eigenvalue weighted by Gasteiger charge is -2.54. The van der Waals surface area contributed by atoms with Gasteiger partial charge < -0.3 is 38.9 Å². The highest BCUT2D eigenvalue weighted by Gasteiger charge is 2.66. The van der Waals surface area contributed by atoms with Crippen LogP contribution in [0, 0.1) is 17.7 Å². The molecule has 2 heterocycles.